The third-order valence-corrected chi connectivity index (χ3v) is 5.21. The van der Waals surface area contributed by atoms with Gasteiger partial charge in [0.15, 0.2) is 0 Å². The van der Waals surface area contributed by atoms with Gasteiger partial charge in [0, 0.05) is 16.1 Å². The van der Waals surface area contributed by atoms with E-state index in [1.807, 2.05) is 17.5 Å². The highest BCUT2D eigenvalue weighted by atomic mass is 32.2. The SMILES string of the molecule is O=C(CSc1nc(=O)[nH]c2c1CCC2)NCc1cccs1. The summed E-state index contributed by atoms with van der Waals surface area (Å²) in [5.74, 6) is 0.246. The molecule has 0 saturated carbocycles. The molecule has 110 valence electrons. The number of rotatable bonds is 5. The van der Waals surface area contributed by atoms with Crippen LogP contribution in [0.15, 0.2) is 27.3 Å². The van der Waals surface area contributed by atoms with Crippen molar-refractivity contribution in [3.05, 3.63) is 44.1 Å². The lowest BCUT2D eigenvalue weighted by Crippen LogP contribution is -2.24. The third kappa shape index (κ3) is 3.54. The van der Waals surface area contributed by atoms with E-state index in [-0.39, 0.29) is 17.3 Å². The topological polar surface area (TPSA) is 74.8 Å². The third-order valence-electron chi connectivity index (χ3n) is 3.32. The van der Waals surface area contributed by atoms with Crippen LogP contribution in [0.4, 0.5) is 0 Å². The number of aryl methyl sites for hydroxylation is 1. The van der Waals surface area contributed by atoms with Crippen molar-refractivity contribution in [2.75, 3.05) is 5.75 Å². The summed E-state index contributed by atoms with van der Waals surface area (Å²) in [6, 6.07) is 3.95. The van der Waals surface area contributed by atoms with E-state index in [1.165, 1.54) is 11.8 Å². The number of carbonyl (C=O) groups is 1. The Morgan fingerprint density at radius 1 is 1.48 bits per heavy atom. The highest BCUT2D eigenvalue weighted by Crippen LogP contribution is 2.27. The molecule has 0 aliphatic heterocycles. The van der Waals surface area contributed by atoms with Gasteiger partial charge in [-0.05, 0) is 30.7 Å². The van der Waals surface area contributed by atoms with Crippen LogP contribution in [-0.2, 0) is 24.2 Å². The van der Waals surface area contributed by atoms with E-state index in [1.54, 1.807) is 11.3 Å². The first-order chi connectivity index (χ1) is 10.2. The molecule has 2 N–H and O–H groups in total. The molecule has 0 atom stereocenters. The second kappa shape index (κ2) is 6.44. The molecule has 3 rings (SSSR count). The van der Waals surface area contributed by atoms with Gasteiger partial charge in [0.1, 0.15) is 5.03 Å². The van der Waals surface area contributed by atoms with Crippen molar-refractivity contribution >= 4 is 29.0 Å². The molecule has 7 heteroatoms. The number of amides is 1. The predicted octanol–water partition coefficient (Wildman–Crippen LogP) is 1.73. The van der Waals surface area contributed by atoms with Crippen LogP contribution in [0.25, 0.3) is 0 Å². The van der Waals surface area contributed by atoms with E-state index < -0.39 is 0 Å². The smallest absolute Gasteiger partial charge is 0.346 e. The average Bonchev–Trinajstić information content (AvgIpc) is 3.13. The van der Waals surface area contributed by atoms with Crippen LogP contribution in [0.5, 0.6) is 0 Å². The summed E-state index contributed by atoms with van der Waals surface area (Å²) in [7, 11) is 0. The number of fused-ring (bicyclic) bond motifs is 1. The lowest BCUT2D eigenvalue weighted by molar-refractivity contribution is -0.118. The average molecular weight is 321 g/mol. The molecule has 0 radical (unpaired) electrons. The number of hydrogen-bond donors (Lipinski definition) is 2. The number of thioether (sulfide) groups is 1. The van der Waals surface area contributed by atoms with Gasteiger partial charge in [-0.25, -0.2) is 4.79 Å². The lowest BCUT2D eigenvalue weighted by atomic mass is 10.3. The molecule has 5 nitrogen and oxygen atoms in total. The number of carbonyl (C=O) groups excluding carboxylic acids is 1. The van der Waals surface area contributed by atoms with E-state index in [0.29, 0.717) is 11.6 Å². The van der Waals surface area contributed by atoms with Crippen LogP contribution in [0.1, 0.15) is 22.6 Å². The summed E-state index contributed by atoms with van der Waals surface area (Å²) in [5, 5.41) is 5.57. The minimum Gasteiger partial charge on any atom is -0.350 e. The maximum Gasteiger partial charge on any atom is 0.346 e. The summed E-state index contributed by atoms with van der Waals surface area (Å²) < 4.78 is 0. The van der Waals surface area contributed by atoms with Gasteiger partial charge in [-0.2, -0.15) is 4.98 Å². The zero-order valence-electron chi connectivity index (χ0n) is 11.3. The van der Waals surface area contributed by atoms with Crippen molar-refractivity contribution < 1.29 is 4.79 Å². The quantitative estimate of drug-likeness (QED) is 0.650. The number of thiophene rings is 1. The Morgan fingerprint density at radius 3 is 3.19 bits per heavy atom. The molecule has 0 spiro atoms. The molecule has 1 aliphatic carbocycles. The van der Waals surface area contributed by atoms with Gasteiger partial charge >= 0.3 is 5.69 Å². The minimum absolute atomic E-state index is 0.0396. The molecule has 2 aromatic rings. The van der Waals surface area contributed by atoms with Crippen molar-refractivity contribution in [2.45, 2.75) is 30.8 Å². The molecule has 0 unspecified atom stereocenters. The highest BCUT2D eigenvalue weighted by molar-refractivity contribution is 7.99. The fraction of sp³-hybridized carbons (Fsp3) is 0.357. The van der Waals surface area contributed by atoms with Crippen molar-refractivity contribution in [3.8, 4) is 0 Å². The van der Waals surface area contributed by atoms with Gasteiger partial charge in [-0.15, -0.1) is 11.3 Å². The maximum absolute atomic E-state index is 11.9. The molecule has 2 heterocycles. The summed E-state index contributed by atoms with van der Waals surface area (Å²) in [4.78, 5) is 31.3. The maximum atomic E-state index is 11.9. The van der Waals surface area contributed by atoms with Crippen LogP contribution < -0.4 is 11.0 Å². The molecule has 21 heavy (non-hydrogen) atoms. The molecule has 0 fully saturated rings. The predicted molar refractivity (Wildman–Crippen MR) is 83.8 cm³/mol. The number of aromatic nitrogens is 2. The zero-order chi connectivity index (χ0) is 14.7. The van der Waals surface area contributed by atoms with E-state index in [4.69, 9.17) is 0 Å². The minimum atomic E-state index is -0.322. The first-order valence-corrected chi connectivity index (χ1v) is 8.63. The number of aromatic amines is 1. The van der Waals surface area contributed by atoms with Crippen molar-refractivity contribution in [3.63, 3.8) is 0 Å². The van der Waals surface area contributed by atoms with Gasteiger partial charge in [-0.3, -0.25) is 4.79 Å². The molecule has 0 aromatic carbocycles. The van der Waals surface area contributed by atoms with Crippen molar-refractivity contribution in [2.24, 2.45) is 0 Å². The summed E-state index contributed by atoms with van der Waals surface area (Å²) in [6.07, 6.45) is 2.86. The van der Waals surface area contributed by atoms with E-state index >= 15 is 0 Å². The van der Waals surface area contributed by atoms with Crippen LogP contribution >= 0.6 is 23.1 Å². The zero-order valence-corrected chi connectivity index (χ0v) is 13.0. The monoisotopic (exact) mass is 321 g/mol. The van der Waals surface area contributed by atoms with Gasteiger partial charge in [0.25, 0.3) is 0 Å². The Morgan fingerprint density at radius 2 is 2.38 bits per heavy atom. The lowest BCUT2D eigenvalue weighted by Gasteiger charge is -2.06. The van der Waals surface area contributed by atoms with Crippen molar-refractivity contribution in [1.29, 1.82) is 0 Å². The summed E-state index contributed by atoms with van der Waals surface area (Å²) in [6.45, 7) is 0.554. The van der Waals surface area contributed by atoms with E-state index in [9.17, 15) is 9.59 Å². The normalized spacial score (nSPS) is 13.1. The molecule has 1 amide bonds. The van der Waals surface area contributed by atoms with Crippen LogP contribution in [0.3, 0.4) is 0 Å². The second-order valence-electron chi connectivity index (χ2n) is 4.80. The fourth-order valence-corrected chi connectivity index (χ4v) is 3.90. The Bertz CT molecular complexity index is 695. The molecule has 2 aromatic heterocycles. The standard InChI is InChI=1S/C14H15N3O2S2/c18-12(15-7-9-3-2-6-20-9)8-21-13-10-4-1-5-11(10)16-14(19)17-13/h2-3,6H,1,4-5,7-8H2,(H,15,18)(H,16,17,19). The summed E-state index contributed by atoms with van der Waals surface area (Å²) >= 11 is 2.96. The Balaban J connectivity index is 1.58. The Kier molecular flexibility index (Phi) is 4.40. The van der Waals surface area contributed by atoms with Crippen molar-refractivity contribution in [1.82, 2.24) is 15.3 Å². The van der Waals surface area contributed by atoms with Crippen LogP contribution in [0, 0.1) is 0 Å². The molecular weight excluding hydrogens is 306 g/mol. The largest absolute Gasteiger partial charge is 0.350 e. The number of nitrogens with zero attached hydrogens (tertiary/aromatic N) is 1. The van der Waals surface area contributed by atoms with Gasteiger partial charge in [-0.1, -0.05) is 17.8 Å². The van der Waals surface area contributed by atoms with Gasteiger partial charge in [0.2, 0.25) is 5.91 Å². The molecule has 1 aliphatic rings. The Labute approximate surface area is 130 Å². The first-order valence-electron chi connectivity index (χ1n) is 6.76. The fourth-order valence-electron chi connectivity index (χ4n) is 2.34. The number of H-pyrrole nitrogens is 1. The number of nitrogens with one attached hydrogen (secondary N) is 2. The van der Waals surface area contributed by atoms with Crippen LogP contribution in [0.2, 0.25) is 0 Å². The first kappa shape index (κ1) is 14.3. The highest BCUT2D eigenvalue weighted by Gasteiger charge is 2.18. The molecule has 0 saturated heterocycles. The molecular formula is C14H15N3O2S2. The van der Waals surface area contributed by atoms with Gasteiger partial charge in [0.05, 0.1) is 12.3 Å². The second-order valence-corrected chi connectivity index (χ2v) is 6.80. The number of hydrogen-bond acceptors (Lipinski definition) is 5. The molecule has 0 bridgehead atoms. The van der Waals surface area contributed by atoms with E-state index in [2.05, 4.69) is 15.3 Å². The van der Waals surface area contributed by atoms with E-state index in [0.717, 1.165) is 35.4 Å². The Hall–Kier alpha value is -1.60. The van der Waals surface area contributed by atoms with Gasteiger partial charge < -0.3 is 10.3 Å². The summed E-state index contributed by atoms with van der Waals surface area (Å²) in [5.41, 5.74) is 1.76. The van der Waals surface area contributed by atoms with Crippen LogP contribution in [-0.4, -0.2) is 21.6 Å².